The van der Waals surface area contributed by atoms with Crippen LogP contribution in [0.4, 0.5) is 0 Å². The van der Waals surface area contributed by atoms with Crippen LogP contribution in [0.1, 0.15) is 81.3 Å². The fraction of sp³-hybridized carbons (Fsp3) is 0.472. The second-order valence-electron chi connectivity index (χ2n) is 11.7. The summed E-state index contributed by atoms with van der Waals surface area (Å²) in [7, 11) is 0. The summed E-state index contributed by atoms with van der Waals surface area (Å²) in [6, 6.07) is 20.4. The van der Waals surface area contributed by atoms with Crippen LogP contribution < -0.4 is 0 Å². The minimum Gasteiger partial charge on any atom is -0.460 e. The number of esters is 1. The van der Waals surface area contributed by atoms with Gasteiger partial charge in [-0.3, -0.25) is 14.6 Å². The van der Waals surface area contributed by atoms with Gasteiger partial charge < -0.3 is 19.6 Å². The Hall–Kier alpha value is -3.79. The number of imidazole rings is 2. The van der Waals surface area contributed by atoms with Gasteiger partial charge in [0.25, 0.3) is 0 Å². The lowest BCUT2D eigenvalue weighted by Gasteiger charge is -2.37. The molecule has 0 aliphatic carbocycles. The van der Waals surface area contributed by atoms with Crippen molar-refractivity contribution in [3.63, 3.8) is 0 Å². The molecule has 2 aromatic heterocycles. The SMILES string of the molecule is CCCN(CCC)CCCCN(CC(=O)OCc1ccccc1)C(CN(Cc1ncc[nH]1)C(C)c1ncc[nH]1)c1ccccc1. The summed E-state index contributed by atoms with van der Waals surface area (Å²) in [5.41, 5.74) is 2.16. The van der Waals surface area contributed by atoms with Crippen LogP contribution in [0.25, 0.3) is 0 Å². The van der Waals surface area contributed by atoms with E-state index in [1.165, 1.54) is 5.56 Å². The Balaban J connectivity index is 1.57. The van der Waals surface area contributed by atoms with Crippen LogP contribution in [-0.4, -0.2) is 79.9 Å². The Kier molecular flexibility index (Phi) is 14.3. The maximum atomic E-state index is 13.4. The van der Waals surface area contributed by atoms with Gasteiger partial charge in [-0.15, -0.1) is 0 Å². The molecule has 0 saturated carbocycles. The van der Waals surface area contributed by atoms with Gasteiger partial charge in [0.1, 0.15) is 18.3 Å². The summed E-state index contributed by atoms with van der Waals surface area (Å²) >= 11 is 0. The molecule has 0 radical (unpaired) electrons. The highest BCUT2D eigenvalue weighted by atomic mass is 16.5. The normalized spacial score (nSPS) is 13.0. The molecular weight excluding hydrogens is 562 g/mol. The third kappa shape index (κ3) is 11.3. The van der Waals surface area contributed by atoms with E-state index in [0.29, 0.717) is 13.1 Å². The smallest absolute Gasteiger partial charge is 0.320 e. The number of hydrogen-bond acceptors (Lipinski definition) is 7. The lowest BCUT2D eigenvalue weighted by molar-refractivity contribution is -0.147. The van der Waals surface area contributed by atoms with Gasteiger partial charge in [0.05, 0.1) is 19.1 Å². The maximum absolute atomic E-state index is 13.4. The van der Waals surface area contributed by atoms with Crippen molar-refractivity contribution in [3.8, 4) is 0 Å². The highest BCUT2D eigenvalue weighted by molar-refractivity contribution is 5.71. The van der Waals surface area contributed by atoms with Gasteiger partial charge in [-0.05, 0) is 69.9 Å². The summed E-state index contributed by atoms with van der Waals surface area (Å²) < 4.78 is 5.82. The fourth-order valence-corrected chi connectivity index (χ4v) is 5.86. The number of rotatable bonds is 21. The number of nitrogens with zero attached hydrogens (tertiary/aromatic N) is 5. The molecule has 2 unspecified atom stereocenters. The van der Waals surface area contributed by atoms with Gasteiger partial charge in [-0.25, -0.2) is 9.97 Å². The van der Waals surface area contributed by atoms with Gasteiger partial charge in [0, 0.05) is 37.4 Å². The first kappa shape index (κ1) is 34.1. The molecule has 4 rings (SSSR count). The molecular formula is C36H51N7O2. The standard InChI is InChI=1S/C36H51N7O2/c1-4-22-41(23-5-2)24-12-13-25-42(28-35(44)45-29-31-14-8-6-9-15-31)33(32-16-10-7-11-17-32)26-43(27-34-37-18-19-38-34)30(3)36-39-20-21-40-36/h6-11,14-21,30,33H,4-5,12-13,22-29H2,1-3H3,(H,37,38)(H,39,40). The molecule has 2 aromatic carbocycles. The molecule has 9 heteroatoms. The van der Waals surface area contributed by atoms with Gasteiger partial charge in [-0.1, -0.05) is 74.5 Å². The van der Waals surface area contributed by atoms with E-state index in [4.69, 9.17) is 4.74 Å². The first-order valence-electron chi connectivity index (χ1n) is 16.5. The number of nitrogens with one attached hydrogen (secondary N) is 2. The minimum absolute atomic E-state index is 0.000148. The second kappa shape index (κ2) is 18.9. The summed E-state index contributed by atoms with van der Waals surface area (Å²) in [5, 5.41) is 0. The topological polar surface area (TPSA) is 93.4 Å². The van der Waals surface area contributed by atoms with E-state index in [-0.39, 0.29) is 31.2 Å². The molecule has 2 atom stereocenters. The second-order valence-corrected chi connectivity index (χ2v) is 11.7. The maximum Gasteiger partial charge on any atom is 0.320 e. The van der Waals surface area contributed by atoms with Gasteiger partial charge in [0.15, 0.2) is 0 Å². The van der Waals surface area contributed by atoms with Crippen molar-refractivity contribution < 1.29 is 9.53 Å². The molecule has 4 aromatic rings. The third-order valence-electron chi connectivity index (χ3n) is 8.23. The summed E-state index contributed by atoms with van der Waals surface area (Å²) in [4.78, 5) is 36.4. The summed E-state index contributed by atoms with van der Waals surface area (Å²) in [5.74, 6) is 1.57. The molecule has 242 valence electrons. The number of hydrogen-bond donors (Lipinski definition) is 2. The third-order valence-corrected chi connectivity index (χ3v) is 8.23. The Morgan fingerprint density at radius 2 is 1.49 bits per heavy atom. The number of carbonyl (C=O) groups is 1. The summed E-state index contributed by atoms with van der Waals surface area (Å²) in [6.07, 6.45) is 11.7. The van der Waals surface area contributed by atoms with E-state index in [1.807, 2.05) is 48.8 Å². The quantitative estimate of drug-likeness (QED) is 0.0832. The van der Waals surface area contributed by atoms with Crippen LogP contribution >= 0.6 is 0 Å². The van der Waals surface area contributed by atoms with Crippen LogP contribution in [0.3, 0.4) is 0 Å². The molecule has 0 aliphatic heterocycles. The van der Waals surface area contributed by atoms with E-state index >= 15 is 0 Å². The number of aromatic amines is 2. The van der Waals surface area contributed by atoms with Crippen molar-refractivity contribution in [2.75, 3.05) is 39.3 Å². The fourth-order valence-electron chi connectivity index (χ4n) is 5.86. The van der Waals surface area contributed by atoms with E-state index in [2.05, 4.69) is 79.7 Å². The van der Waals surface area contributed by atoms with Gasteiger partial charge in [0.2, 0.25) is 0 Å². The average molecular weight is 614 g/mol. The summed E-state index contributed by atoms with van der Waals surface area (Å²) in [6.45, 7) is 12.5. The zero-order valence-corrected chi connectivity index (χ0v) is 27.3. The van der Waals surface area contributed by atoms with Crippen molar-refractivity contribution in [1.29, 1.82) is 0 Å². The van der Waals surface area contributed by atoms with Crippen LogP contribution in [0, 0.1) is 0 Å². The predicted molar refractivity (Wildman–Crippen MR) is 179 cm³/mol. The van der Waals surface area contributed by atoms with Crippen molar-refractivity contribution in [3.05, 3.63) is 108 Å². The van der Waals surface area contributed by atoms with E-state index in [9.17, 15) is 4.79 Å². The molecule has 0 bridgehead atoms. The molecule has 0 spiro atoms. The van der Waals surface area contributed by atoms with Gasteiger partial charge in [-0.2, -0.15) is 0 Å². The number of H-pyrrole nitrogens is 2. The molecule has 9 nitrogen and oxygen atoms in total. The van der Waals surface area contributed by atoms with Crippen LogP contribution in [-0.2, 0) is 22.7 Å². The Labute approximate surface area is 269 Å². The molecule has 45 heavy (non-hydrogen) atoms. The average Bonchev–Trinajstić information content (AvgIpc) is 3.80. The van der Waals surface area contributed by atoms with Crippen molar-refractivity contribution in [2.45, 2.75) is 71.7 Å². The Morgan fingerprint density at radius 1 is 0.822 bits per heavy atom. The zero-order valence-electron chi connectivity index (χ0n) is 27.3. The lowest BCUT2D eigenvalue weighted by atomic mass is 10.0. The highest BCUT2D eigenvalue weighted by Gasteiger charge is 2.29. The minimum atomic E-state index is -0.213. The predicted octanol–water partition coefficient (Wildman–Crippen LogP) is 6.38. The molecule has 0 aliphatic rings. The number of ether oxygens (including phenoxy) is 1. The lowest BCUT2D eigenvalue weighted by Crippen LogP contribution is -2.42. The monoisotopic (exact) mass is 613 g/mol. The number of aromatic nitrogens is 4. The number of benzene rings is 2. The molecule has 0 fully saturated rings. The molecule has 0 amide bonds. The molecule has 2 N–H and O–H groups in total. The highest BCUT2D eigenvalue weighted by Crippen LogP contribution is 2.28. The first-order chi connectivity index (χ1) is 22.1. The molecule has 0 saturated heterocycles. The van der Waals surface area contributed by atoms with Crippen LogP contribution in [0.5, 0.6) is 0 Å². The zero-order chi connectivity index (χ0) is 31.7. The Bertz CT molecular complexity index is 1310. The largest absolute Gasteiger partial charge is 0.460 e. The van der Waals surface area contributed by atoms with Crippen molar-refractivity contribution in [1.82, 2.24) is 34.6 Å². The van der Waals surface area contributed by atoms with Crippen molar-refractivity contribution >= 4 is 5.97 Å². The van der Waals surface area contributed by atoms with E-state index < -0.39 is 0 Å². The molecule has 2 heterocycles. The Morgan fingerprint density at radius 3 is 2.13 bits per heavy atom. The van der Waals surface area contributed by atoms with E-state index in [1.54, 1.807) is 12.4 Å². The van der Waals surface area contributed by atoms with Gasteiger partial charge >= 0.3 is 5.97 Å². The van der Waals surface area contributed by atoms with E-state index in [0.717, 1.165) is 69.1 Å². The number of unbranched alkanes of at least 4 members (excludes halogenated alkanes) is 1. The number of carbonyl (C=O) groups excluding carboxylic acids is 1. The van der Waals surface area contributed by atoms with Crippen molar-refractivity contribution in [2.24, 2.45) is 0 Å². The van der Waals surface area contributed by atoms with Crippen LogP contribution in [0.2, 0.25) is 0 Å². The first-order valence-corrected chi connectivity index (χ1v) is 16.5. The van der Waals surface area contributed by atoms with Crippen LogP contribution in [0.15, 0.2) is 85.5 Å².